The molecule has 1 aromatic rings. The van der Waals surface area contributed by atoms with Crippen LogP contribution in [-0.4, -0.2) is 31.6 Å². The van der Waals surface area contributed by atoms with E-state index in [-0.39, 0.29) is 17.7 Å². The van der Waals surface area contributed by atoms with Gasteiger partial charge < -0.3 is 10.1 Å². The van der Waals surface area contributed by atoms with Crippen molar-refractivity contribution < 1.29 is 13.9 Å². The number of ketones is 1. The van der Waals surface area contributed by atoms with Crippen molar-refractivity contribution >= 4 is 5.78 Å². The smallest absolute Gasteiger partial charge is 0.165 e. The molecule has 1 fully saturated rings. The van der Waals surface area contributed by atoms with Gasteiger partial charge in [0, 0.05) is 25.1 Å². The van der Waals surface area contributed by atoms with Crippen molar-refractivity contribution in [3.8, 4) is 0 Å². The first-order chi connectivity index (χ1) is 8.16. The van der Waals surface area contributed by atoms with Crippen LogP contribution in [0.1, 0.15) is 22.3 Å². The van der Waals surface area contributed by atoms with Crippen molar-refractivity contribution in [3.63, 3.8) is 0 Å². The van der Waals surface area contributed by atoms with Gasteiger partial charge in [-0.15, -0.1) is 0 Å². The molecule has 4 heteroatoms. The minimum absolute atomic E-state index is 0.0104. The third-order valence-electron chi connectivity index (χ3n) is 2.91. The van der Waals surface area contributed by atoms with Crippen molar-refractivity contribution in [1.29, 1.82) is 0 Å². The molecule has 1 aliphatic heterocycles. The minimum Gasteiger partial charge on any atom is -0.375 e. The number of hydrogen-bond acceptors (Lipinski definition) is 3. The molecule has 1 N–H and O–H groups in total. The average Bonchev–Trinajstić information content (AvgIpc) is 2.30. The fourth-order valence-corrected chi connectivity index (χ4v) is 2.01. The van der Waals surface area contributed by atoms with E-state index in [1.807, 2.05) is 0 Å². The minimum atomic E-state index is -0.311. The quantitative estimate of drug-likeness (QED) is 0.813. The van der Waals surface area contributed by atoms with Crippen molar-refractivity contribution in [1.82, 2.24) is 5.32 Å². The molecule has 1 heterocycles. The first kappa shape index (κ1) is 12.2. The summed E-state index contributed by atoms with van der Waals surface area (Å²) in [6, 6.07) is 4.25. The Hall–Kier alpha value is -1.26. The van der Waals surface area contributed by atoms with Crippen LogP contribution in [0.3, 0.4) is 0 Å². The van der Waals surface area contributed by atoms with E-state index in [1.54, 1.807) is 13.0 Å². The average molecular weight is 237 g/mol. The van der Waals surface area contributed by atoms with Crippen LogP contribution in [0.15, 0.2) is 18.2 Å². The SMILES string of the molecule is Cc1cc(F)ccc1C(=O)CC1CNCCO1. The van der Waals surface area contributed by atoms with Crippen LogP contribution in [0.25, 0.3) is 0 Å². The summed E-state index contributed by atoms with van der Waals surface area (Å²) in [6.45, 7) is 3.92. The zero-order valence-electron chi connectivity index (χ0n) is 9.83. The van der Waals surface area contributed by atoms with Crippen molar-refractivity contribution in [3.05, 3.63) is 35.1 Å². The maximum atomic E-state index is 12.9. The number of morpholine rings is 1. The number of ether oxygens (including phenoxy) is 1. The zero-order chi connectivity index (χ0) is 12.3. The summed E-state index contributed by atoms with van der Waals surface area (Å²) < 4.78 is 18.4. The molecule has 1 aromatic carbocycles. The van der Waals surface area contributed by atoms with Gasteiger partial charge in [-0.2, -0.15) is 0 Å². The first-order valence-corrected chi connectivity index (χ1v) is 5.78. The number of Topliss-reactive ketones (excluding diaryl/α,β-unsaturated/α-hetero) is 1. The highest BCUT2D eigenvalue weighted by Gasteiger charge is 2.19. The number of carbonyl (C=O) groups excluding carboxylic acids is 1. The second-order valence-corrected chi connectivity index (χ2v) is 4.28. The van der Waals surface area contributed by atoms with E-state index in [4.69, 9.17) is 4.74 Å². The number of halogens is 1. The molecule has 0 aromatic heterocycles. The van der Waals surface area contributed by atoms with Crippen LogP contribution in [0.2, 0.25) is 0 Å². The molecule has 1 saturated heterocycles. The molecule has 0 spiro atoms. The largest absolute Gasteiger partial charge is 0.375 e. The van der Waals surface area contributed by atoms with Crippen LogP contribution in [-0.2, 0) is 4.74 Å². The third-order valence-corrected chi connectivity index (χ3v) is 2.91. The van der Waals surface area contributed by atoms with E-state index in [0.717, 1.165) is 6.54 Å². The Bertz CT molecular complexity index is 414. The van der Waals surface area contributed by atoms with E-state index in [1.165, 1.54) is 12.1 Å². The molecule has 17 heavy (non-hydrogen) atoms. The van der Waals surface area contributed by atoms with E-state index in [0.29, 0.717) is 30.7 Å². The van der Waals surface area contributed by atoms with E-state index < -0.39 is 0 Å². The normalized spacial score (nSPS) is 20.2. The van der Waals surface area contributed by atoms with Crippen LogP contribution in [0.5, 0.6) is 0 Å². The maximum absolute atomic E-state index is 12.9. The summed E-state index contributed by atoms with van der Waals surface area (Å²) in [5.41, 5.74) is 1.26. The molecule has 0 saturated carbocycles. The Morgan fingerprint density at radius 3 is 3.06 bits per heavy atom. The number of aryl methyl sites for hydroxylation is 1. The molecule has 1 aliphatic rings. The maximum Gasteiger partial charge on any atom is 0.165 e. The van der Waals surface area contributed by atoms with Gasteiger partial charge in [-0.05, 0) is 30.7 Å². The zero-order valence-corrected chi connectivity index (χ0v) is 9.83. The van der Waals surface area contributed by atoms with Crippen LogP contribution in [0.4, 0.5) is 4.39 Å². The Morgan fingerprint density at radius 2 is 2.41 bits per heavy atom. The molecular formula is C13H16FNO2. The van der Waals surface area contributed by atoms with Gasteiger partial charge in [-0.1, -0.05) is 0 Å². The lowest BCUT2D eigenvalue weighted by molar-refractivity contribution is 0.0240. The second-order valence-electron chi connectivity index (χ2n) is 4.28. The fraction of sp³-hybridized carbons (Fsp3) is 0.462. The van der Waals surface area contributed by atoms with Gasteiger partial charge in [0.05, 0.1) is 12.7 Å². The Kier molecular flexibility index (Phi) is 3.86. The van der Waals surface area contributed by atoms with Crippen molar-refractivity contribution in [2.24, 2.45) is 0 Å². The molecule has 0 aliphatic carbocycles. The fourth-order valence-electron chi connectivity index (χ4n) is 2.01. The monoisotopic (exact) mass is 237 g/mol. The van der Waals surface area contributed by atoms with Gasteiger partial charge in [0.2, 0.25) is 0 Å². The summed E-state index contributed by atoms with van der Waals surface area (Å²) in [5.74, 6) is -0.300. The molecule has 3 nitrogen and oxygen atoms in total. The van der Waals surface area contributed by atoms with Crippen LogP contribution >= 0.6 is 0 Å². The van der Waals surface area contributed by atoms with Gasteiger partial charge in [0.15, 0.2) is 5.78 Å². The molecule has 92 valence electrons. The number of benzene rings is 1. The van der Waals surface area contributed by atoms with Gasteiger partial charge in [-0.3, -0.25) is 4.79 Å². The summed E-state index contributed by atoms with van der Waals surface area (Å²) in [4.78, 5) is 12.0. The van der Waals surface area contributed by atoms with Crippen LogP contribution in [0, 0.1) is 12.7 Å². The predicted molar refractivity (Wildman–Crippen MR) is 62.7 cm³/mol. The molecule has 1 unspecified atom stereocenters. The second kappa shape index (κ2) is 5.38. The summed E-state index contributed by atoms with van der Waals surface area (Å²) >= 11 is 0. The number of hydrogen-bond donors (Lipinski definition) is 1. The van der Waals surface area contributed by atoms with Gasteiger partial charge in [-0.25, -0.2) is 4.39 Å². The molecule has 0 bridgehead atoms. The molecule has 0 radical (unpaired) electrons. The van der Waals surface area contributed by atoms with E-state index in [9.17, 15) is 9.18 Å². The Balaban J connectivity index is 2.03. The lowest BCUT2D eigenvalue weighted by atomic mass is 10.00. The summed E-state index contributed by atoms with van der Waals surface area (Å²) in [6.07, 6.45) is 0.278. The van der Waals surface area contributed by atoms with Gasteiger partial charge >= 0.3 is 0 Å². The molecule has 1 atom stereocenters. The highest BCUT2D eigenvalue weighted by molar-refractivity contribution is 5.97. The predicted octanol–water partition coefficient (Wildman–Crippen LogP) is 1.70. The molecular weight excluding hydrogens is 221 g/mol. The topological polar surface area (TPSA) is 38.3 Å². The van der Waals surface area contributed by atoms with Gasteiger partial charge in [0.25, 0.3) is 0 Å². The molecule has 0 amide bonds. The highest BCUT2D eigenvalue weighted by Crippen LogP contribution is 2.14. The van der Waals surface area contributed by atoms with Crippen LogP contribution < -0.4 is 5.32 Å². The summed E-state index contributed by atoms with van der Waals surface area (Å²) in [5, 5.41) is 3.18. The standard InChI is InChI=1S/C13H16FNO2/c1-9-6-10(14)2-3-12(9)13(16)7-11-8-15-4-5-17-11/h2-3,6,11,15H,4-5,7-8H2,1H3. The number of rotatable bonds is 3. The Morgan fingerprint density at radius 1 is 1.59 bits per heavy atom. The van der Waals surface area contributed by atoms with Crippen molar-refractivity contribution in [2.45, 2.75) is 19.4 Å². The van der Waals surface area contributed by atoms with E-state index >= 15 is 0 Å². The summed E-state index contributed by atoms with van der Waals surface area (Å²) in [7, 11) is 0. The lowest BCUT2D eigenvalue weighted by Crippen LogP contribution is -2.39. The highest BCUT2D eigenvalue weighted by atomic mass is 19.1. The number of carbonyl (C=O) groups is 1. The van der Waals surface area contributed by atoms with E-state index in [2.05, 4.69) is 5.32 Å². The lowest BCUT2D eigenvalue weighted by Gasteiger charge is -2.23. The third kappa shape index (κ3) is 3.11. The Labute approximate surface area is 100.0 Å². The van der Waals surface area contributed by atoms with Gasteiger partial charge in [0.1, 0.15) is 5.82 Å². The number of nitrogens with one attached hydrogen (secondary N) is 1. The first-order valence-electron chi connectivity index (χ1n) is 5.78. The molecule has 2 rings (SSSR count). The van der Waals surface area contributed by atoms with Crippen molar-refractivity contribution in [2.75, 3.05) is 19.7 Å².